The second-order valence-electron chi connectivity index (χ2n) is 4.82. The van der Waals surface area contributed by atoms with Crippen molar-refractivity contribution in [3.63, 3.8) is 0 Å². The maximum atomic E-state index is 13.7. The molecule has 0 radical (unpaired) electrons. The number of nitrogens with one attached hydrogen (secondary N) is 1. The molecule has 0 saturated carbocycles. The van der Waals surface area contributed by atoms with Crippen LogP contribution in [0.5, 0.6) is 5.75 Å². The second-order valence-corrected chi connectivity index (χ2v) is 6.59. The molecule has 3 nitrogen and oxygen atoms in total. The van der Waals surface area contributed by atoms with Crippen molar-refractivity contribution in [2.75, 3.05) is 6.61 Å². The van der Waals surface area contributed by atoms with Crippen LogP contribution in [0, 0.1) is 11.6 Å². The molecule has 0 aromatic heterocycles. The topological polar surface area (TPSA) is 38.3 Å². The Kier molecular flexibility index (Phi) is 6.12. The Balaban J connectivity index is 1.93. The standard InChI is InChI=1S/C16H13Br2F2NO2/c1-9(12-4-3-11(19)7-14(12)20)21-16(22)8-23-15-5-2-10(17)6-13(15)18/h2-7,9H,8H2,1H3,(H,21,22). The van der Waals surface area contributed by atoms with Crippen LogP contribution < -0.4 is 10.1 Å². The Morgan fingerprint density at radius 1 is 1.22 bits per heavy atom. The van der Waals surface area contributed by atoms with Crippen LogP contribution in [-0.4, -0.2) is 12.5 Å². The van der Waals surface area contributed by atoms with Crippen LogP contribution in [0.25, 0.3) is 0 Å². The summed E-state index contributed by atoms with van der Waals surface area (Å²) >= 11 is 6.65. The van der Waals surface area contributed by atoms with Gasteiger partial charge in [-0.05, 0) is 47.1 Å². The van der Waals surface area contributed by atoms with Crippen molar-refractivity contribution in [1.29, 1.82) is 0 Å². The van der Waals surface area contributed by atoms with E-state index in [1.165, 1.54) is 6.07 Å². The number of ether oxygens (including phenoxy) is 1. The minimum Gasteiger partial charge on any atom is -0.483 e. The molecule has 7 heteroatoms. The molecular formula is C16H13Br2F2NO2. The minimum atomic E-state index is -0.700. The maximum Gasteiger partial charge on any atom is 0.258 e. The lowest BCUT2D eigenvalue weighted by molar-refractivity contribution is -0.123. The number of hydrogen-bond acceptors (Lipinski definition) is 2. The van der Waals surface area contributed by atoms with E-state index in [2.05, 4.69) is 37.2 Å². The molecule has 2 aromatic rings. The smallest absolute Gasteiger partial charge is 0.258 e. The van der Waals surface area contributed by atoms with Crippen LogP contribution in [0.1, 0.15) is 18.5 Å². The summed E-state index contributed by atoms with van der Waals surface area (Å²) in [4.78, 5) is 11.9. The first-order valence-electron chi connectivity index (χ1n) is 6.69. The average molecular weight is 449 g/mol. The van der Waals surface area contributed by atoms with Crippen LogP contribution in [-0.2, 0) is 4.79 Å². The molecule has 2 aromatic carbocycles. The highest BCUT2D eigenvalue weighted by Crippen LogP contribution is 2.28. The fourth-order valence-electron chi connectivity index (χ4n) is 1.95. The number of benzene rings is 2. The number of halogens is 4. The van der Waals surface area contributed by atoms with Crippen molar-refractivity contribution in [3.8, 4) is 5.75 Å². The highest BCUT2D eigenvalue weighted by molar-refractivity contribution is 9.11. The zero-order valence-electron chi connectivity index (χ0n) is 12.1. The third kappa shape index (κ3) is 5.00. The number of carbonyl (C=O) groups is 1. The summed E-state index contributed by atoms with van der Waals surface area (Å²) in [6, 6.07) is 7.94. The zero-order valence-corrected chi connectivity index (χ0v) is 15.2. The maximum absolute atomic E-state index is 13.7. The lowest BCUT2D eigenvalue weighted by Crippen LogP contribution is -2.31. The van der Waals surface area contributed by atoms with Crippen LogP contribution in [0.2, 0.25) is 0 Å². The summed E-state index contributed by atoms with van der Waals surface area (Å²) in [5.41, 5.74) is 0.213. The fourth-order valence-corrected chi connectivity index (χ4v) is 3.11. The number of carbonyl (C=O) groups excluding carboxylic acids is 1. The average Bonchev–Trinajstić information content (AvgIpc) is 2.46. The van der Waals surface area contributed by atoms with E-state index in [-0.39, 0.29) is 12.2 Å². The first-order chi connectivity index (χ1) is 10.9. The van der Waals surface area contributed by atoms with Gasteiger partial charge in [0.1, 0.15) is 17.4 Å². The molecule has 0 fully saturated rings. The lowest BCUT2D eigenvalue weighted by atomic mass is 10.1. The van der Waals surface area contributed by atoms with Gasteiger partial charge in [-0.25, -0.2) is 8.78 Å². The third-order valence-electron chi connectivity index (χ3n) is 3.06. The number of hydrogen-bond donors (Lipinski definition) is 1. The SMILES string of the molecule is CC(NC(=O)COc1ccc(Br)cc1Br)c1ccc(F)cc1F. The Hall–Kier alpha value is -1.47. The van der Waals surface area contributed by atoms with Gasteiger partial charge in [-0.2, -0.15) is 0 Å². The van der Waals surface area contributed by atoms with E-state index >= 15 is 0 Å². The van der Waals surface area contributed by atoms with E-state index in [9.17, 15) is 13.6 Å². The van der Waals surface area contributed by atoms with Crippen molar-refractivity contribution in [2.24, 2.45) is 0 Å². The summed E-state index contributed by atoms with van der Waals surface area (Å²) in [6.07, 6.45) is 0. The molecule has 0 aliphatic heterocycles. The Labute approximate surface area is 149 Å². The monoisotopic (exact) mass is 447 g/mol. The predicted molar refractivity (Wildman–Crippen MR) is 90.3 cm³/mol. The van der Waals surface area contributed by atoms with Gasteiger partial charge in [-0.3, -0.25) is 4.79 Å². The van der Waals surface area contributed by atoms with Crippen LogP contribution in [0.3, 0.4) is 0 Å². The lowest BCUT2D eigenvalue weighted by Gasteiger charge is -2.16. The molecule has 122 valence electrons. The second kappa shape index (κ2) is 7.88. The normalized spacial score (nSPS) is 11.9. The predicted octanol–water partition coefficient (Wildman–Crippen LogP) is 4.75. The van der Waals surface area contributed by atoms with Gasteiger partial charge in [0, 0.05) is 16.1 Å². The fraction of sp³-hybridized carbons (Fsp3) is 0.188. The van der Waals surface area contributed by atoms with Crippen molar-refractivity contribution >= 4 is 37.8 Å². The molecule has 0 saturated heterocycles. The van der Waals surface area contributed by atoms with Crippen molar-refractivity contribution < 1.29 is 18.3 Å². The van der Waals surface area contributed by atoms with E-state index in [0.29, 0.717) is 10.2 Å². The van der Waals surface area contributed by atoms with Gasteiger partial charge in [0.15, 0.2) is 6.61 Å². The van der Waals surface area contributed by atoms with Crippen LogP contribution >= 0.6 is 31.9 Å². The Morgan fingerprint density at radius 2 is 1.96 bits per heavy atom. The first kappa shape index (κ1) is 17.9. The Bertz CT molecular complexity index is 725. The summed E-state index contributed by atoms with van der Waals surface area (Å²) in [5.74, 6) is -1.25. The van der Waals surface area contributed by atoms with Gasteiger partial charge in [-0.15, -0.1) is 0 Å². The van der Waals surface area contributed by atoms with Crippen molar-refractivity contribution in [3.05, 3.63) is 62.5 Å². The molecule has 23 heavy (non-hydrogen) atoms. The first-order valence-corrected chi connectivity index (χ1v) is 8.27. The van der Waals surface area contributed by atoms with Gasteiger partial charge in [0.25, 0.3) is 5.91 Å². The van der Waals surface area contributed by atoms with Gasteiger partial charge in [-0.1, -0.05) is 22.0 Å². The van der Waals surface area contributed by atoms with Gasteiger partial charge >= 0.3 is 0 Å². The summed E-state index contributed by atoms with van der Waals surface area (Å²) < 4.78 is 33.5. The number of rotatable bonds is 5. The largest absolute Gasteiger partial charge is 0.483 e. The molecule has 0 spiro atoms. The summed E-state index contributed by atoms with van der Waals surface area (Å²) in [6.45, 7) is 1.40. The molecule has 0 bridgehead atoms. The highest BCUT2D eigenvalue weighted by Gasteiger charge is 2.15. The van der Waals surface area contributed by atoms with E-state index in [0.717, 1.165) is 16.6 Å². The molecule has 1 atom stereocenters. The molecule has 1 amide bonds. The van der Waals surface area contributed by atoms with E-state index < -0.39 is 23.6 Å². The third-order valence-corrected chi connectivity index (χ3v) is 4.17. The molecule has 0 aliphatic rings. The quantitative estimate of drug-likeness (QED) is 0.716. The summed E-state index contributed by atoms with van der Waals surface area (Å²) in [5, 5.41) is 2.61. The molecule has 1 N–H and O–H groups in total. The molecule has 0 heterocycles. The van der Waals surface area contributed by atoms with E-state index in [4.69, 9.17) is 4.74 Å². The zero-order chi connectivity index (χ0) is 17.0. The Morgan fingerprint density at radius 3 is 2.61 bits per heavy atom. The van der Waals surface area contributed by atoms with Gasteiger partial charge < -0.3 is 10.1 Å². The molecule has 2 rings (SSSR count). The molecule has 0 aliphatic carbocycles. The minimum absolute atomic E-state index is 0.213. The number of amides is 1. The highest BCUT2D eigenvalue weighted by atomic mass is 79.9. The van der Waals surface area contributed by atoms with Crippen LogP contribution in [0.15, 0.2) is 45.3 Å². The summed E-state index contributed by atoms with van der Waals surface area (Å²) in [7, 11) is 0. The van der Waals surface area contributed by atoms with Crippen molar-refractivity contribution in [1.82, 2.24) is 5.32 Å². The van der Waals surface area contributed by atoms with Crippen molar-refractivity contribution in [2.45, 2.75) is 13.0 Å². The van der Waals surface area contributed by atoms with Gasteiger partial charge in [0.05, 0.1) is 10.5 Å². The molecule has 1 unspecified atom stereocenters. The van der Waals surface area contributed by atoms with E-state index in [1.54, 1.807) is 25.1 Å². The van der Waals surface area contributed by atoms with E-state index in [1.807, 2.05) is 0 Å². The molecular weight excluding hydrogens is 436 g/mol. The van der Waals surface area contributed by atoms with Crippen LogP contribution in [0.4, 0.5) is 8.78 Å². The van der Waals surface area contributed by atoms with Gasteiger partial charge in [0.2, 0.25) is 0 Å².